The Hall–Kier alpha value is -0.870. The maximum Gasteiger partial charge on any atom is 0.450 e. The lowest BCUT2D eigenvalue weighted by molar-refractivity contribution is -0.0603. The topological polar surface area (TPSA) is 36.2 Å². The van der Waals surface area contributed by atoms with Crippen molar-refractivity contribution in [3.05, 3.63) is 0 Å². The highest BCUT2D eigenvalue weighted by Gasteiger charge is 2.33. The number of alkyl halides is 3. The summed E-state index contributed by atoms with van der Waals surface area (Å²) >= 11 is 0. The molecule has 0 fully saturated rings. The molecule has 46 valence electrons. The average Bonchev–Trinajstić information content (AvgIpc) is 1.62. The second-order valence-corrected chi connectivity index (χ2v) is 1.00. The monoisotopic (exact) mass is 124 g/mol. The molecule has 0 heterocycles. The molecule has 8 heavy (non-hydrogen) atoms. The van der Waals surface area contributed by atoms with Crippen LogP contribution in [0.25, 0.3) is 0 Å². The molecule has 0 unspecified atom stereocenters. The van der Waals surface area contributed by atoms with E-state index in [1.165, 1.54) is 0 Å². The van der Waals surface area contributed by atoms with E-state index in [1.54, 1.807) is 0 Å². The average molecular weight is 124 g/mol. The van der Waals surface area contributed by atoms with Gasteiger partial charge in [-0.1, -0.05) is 0 Å². The van der Waals surface area contributed by atoms with Crippen LogP contribution in [0.1, 0.15) is 0 Å². The molecule has 5 heteroatoms. The molecule has 0 saturated heterocycles. The van der Waals surface area contributed by atoms with Crippen molar-refractivity contribution < 1.29 is 13.2 Å². The van der Waals surface area contributed by atoms with Crippen molar-refractivity contribution in [2.75, 3.05) is 0 Å². The van der Waals surface area contributed by atoms with Gasteiger partial charge < -0.3 is 0 Å². The van der Waals surface area contributed by atoms with E-state index in [2.05, 4.69) is 11.7 Å². The van der Waals surface area contributed by atoms with Crippen LogP contribution in [0.5, 0.6) is 0 Å². The third-order valence-electron chi connectivity index (χ3n) is 0.427. The standard InChI is InChI=1S/C3H3F3N2/c1-8-2(7)3(4,5)6/h7H,1H2. The first-order chi connectivity index (χ1) is 3.48. The first kappa shape index (κ1) is 7.13. The van der Waals surface area contributed by atoms with Gasteiger partial charge in [-0.2, -0.15) is 13.2 Å². The summed E-state index contributed by atoms with van der Waals surface area (Å²) in [6.45, 7) is 2.53. The molecule has 0 saturated carbocycles. The summed E-state index contributed by atoms with van der Waals surface area (Å²) in [4.78, 5) is 2.37. The van der Waals surface area contributed by atoms with Crippen LogP contribution in [0, 0.1) is 5.41 Å². The quantitative estimate of drug-likeness (QED) is 0.372. The Morgan fingerprint density at radius 2 is 1.88 bits per heavy atom. The fourth-order valence-electron chi connectivity index (χ4n) is 0.0896. The number of halogens is 3. The van der Waals surface area contributed by atoms with Crippen LogP contribution in [-0.4, -0.2) is 18.7 Å². The molecule has 2 nitrogen and oxygen atoms in total. The van der Waals surface area contributed by atoms with Crippen LogP contribution >= 0.6 is 0 Å². The van der Waals surface area contributed by atoms with Gasteiger partial charge in [-0.25, -0.2) is 4.99 Å². The van der Waals surface area contributed by atoms with Gasteiger partial charge in [0.2, 0.25) is 5.84 Å². The van der Waals surface area contributed by atoms with E-state index in [0.717, 1.165) is 0 Å². The Bertz CT molecular complexity index is 114. The van der Waals surface area contributed by atoms with E-state index in [-0.39, 0.29) is 0 Å². The molecule has 0 radical (unpaired) electrons. The van der Waals surface area contributed by atoms with Gasteiger partial charge in [0.1, 0.15) is 0 Å². The number of nitrogens with zero attached hydrogens (tertiary/aromatic N) is 1. The lowest BCUT2D eigenvalue weighted by Gasteiger charge is -1.99. The SMILES string of the molecule is C=NC(=N)C(F)(F)F. The first-order valence-electron chi connectivity index (χ1n) is 1.61. The Kier molecular flexibility index (Phi) is 1.72. The zero-order chi connectivity index (χ0) is 6.78. The van der Waals surface area contributed by atoms with Crippen LogP contribution in [0.15, 0.2) is 4.99 Å². The number of nitrogens with one attached hydrogen (secondary N) is 1. The summed E-state index contributed by atoms with van der Waals surface area (Å²) in [5, 5.41) is 6.03. The van der Waals surface area contributed by atoms with Gasteiger partial charge in [0, 0.05) is 0 Å². The minimum atomic E-state index is -4.64. The van der Waals surface area contributed by atoms with Gasteiger partial charge in [-0.15, -0.1) is 0 Å². The van der Waals surface area contributed by atoms with E-state index in [4.69, 9.17) is 5.41 Å². The molecule has 0 rings (SSSR count). The zero-order valence-electron chi connectivity index (χ0n) is 3.79. The van der Waals surface area contributed by atoms with Gasteiger partial charge in [-0.3, -0.25) is 5.41 Å². The molecular weight excluding hydrogens is 121 g/mol. The highest BCUT2D eigenvalue weighted by Crippen LogP contribution is 2.15. The number of hydrogen-bond donors (Lipinski definition) is 1. The van der Waals surface area contributed by atoms with Crippen molar-refractivity contribution in [1.29, 1.82) is 5.41 Å². The summed E-state index contributed by atoms with van der Waals surface area (Å²) in [6.07, 6.45) is -4.64. The predicted octanol–water partition coefficient (Wildman–Crippen LogP) is 1.23. The van der Waals surface area contributed by atoms with Crippen molar-refractivity contribution in [3.8, 4) is 0 Å². The fraction of sp³-hybridized carbons (Fsp3) is 0.333. The predicted molar refractivity (Wildman–Crippen MR) is 23.3 cm³/mol. The second kappa shape index (κ2) is 1.94. The highest BCUT2D eigenvalue weighted by atomic mass is 19.4. The van der Waals surface area contributed by atoms with Gasteiger partial charge in [0.05, 0.1) is 0 Å². The molecule has 1 N–H and O–H groups in total. The van der Waals surface area contributed by atoms with Gasteiger partial charge in [-0.05, 0) is 6.72 Å². The van der Waals surface area contributed by atoms with Crippen LogP contribution in [0.3, 0.4) is 0 Å². The molecular formula is C3H3F3N2. The third-order valence-corrected chi connectivity index (χ3v) is 0.427. The molecule has 0 aromatic rings. The molecule has 0 aliphatic carbocycles. The van der Waals surface area contributed by atoms with Crippen molar-refractivity contribution in [3.63, 3.8) is 0 Å². The lowest BCUT2D eigenvalue weighted by Crippen LogP contribution is -2.18. The molecule has 0 spiro atoms. The molecule has 0 atom stereocenters. The fourth-order valence-corrected chi connectivity index (χ4v) is 0.0896. The maximum atomic E-state index is 11.1. The molecule has 0 aliphatic heterocycles. The van der Waals surface area contributed by atoms with Crippen molar-refractivity contribution >= 4 is 12.6 Å². The van der Waals surface area contributed by atoms with Crippen molar-refractivity contribution in [2.45, 2.75) is 6.18 Å². The Labute approximate surface area is 43.5 Å². The lowest BCUT2D eigenvalue weighted by atomic mass is 10.6. The number of rotatable bonds is 0. The summed E-state index contributed by atoms with van der Waals surface area (Å²) in [6, 6.07) is 0. The first-order valence-corrected chi connectivity index (χ1v) is 1.61. The van der Waals surface area contributed by atoms with E-state index < -0.39 is 12.0 Å². The molecule has 0 aromatic carbocycles. The third kappa shape index (κ3) is 1.72. The minimum Gasteiger partial charge on any atom is -0.279 e. The summed E-state index contributed by atoms with van der Waals surface area (Å²) < 4.78 is 33.3. The highest BCUT2D eigenvalue weighted by molar-refractivity contribution is 5.88. The largest absolute Gasteiger partial charge is 0.450 e. The van der Waals surface area contributed by atoms with Gasteiger partial charge >= 0.3 is 6.18 Å². The van der Waals surface area contributed by atoms with E-state index in [9.17, 15) is 13.2 Å². The van der Waals surface area contributed by atoms with Crippen molar-refractivity contribution in [1.82, 2.24) is 0 Å². The van der Waals surface area contributed by atoms with E-state index in [0.29, 0.717) is 0 Å². The van der Waals surface area contributed by atoms with Crippen LogP contribution in [-0.2, 0) is 0 Å². The molecule has 0 aliphatic rings. The summed E-state index contributed by atoms with van der Waals surface area (Å²) in [5.74, 6) is -1.66. The van der Waals surface area contributed by atoms with Gasteiger partial charge in [0.15, 0.2) is 0 Å². The summed E-state index contributed by atoms with van der Waals surface area (Å²) in [7, 11) is 0. The number of aliphatic imine (C=N–C) groups is 1. The van der Waals surface area contributed by atoms with E-state index >= 15 is 0 Å². The molecule has 0 aromatic heterocycles. The molecule has 0 amide bonds. The van der Waals surface area contributed by atoms with Crippen LogP contribution in [0.4, 0.5) is 13.2 Å². The Morgan fingerprint density at radius 1 is 1.50 bits per heavy atom. The minimum absolute atomic E-state index is 1.66. The molecule has 0 bridgehead atoms. The maximum absolute atomic E-state index is 11.1. The number of amidine groups is 1. The Balaban J connectivity index is 4.02. The Morgan fingerprint density at radius 3 is 1.88 bits per heavy atom. The van der Waals surface area contributed by atoms with Crippen LogP contribution < -0.4 is 0 Å². The summed E-state index contributed by atoms with van der Waals surface area (Å²) in [5.41, 5.74) is 0. The van der Waals surface area contributed by atoms with E-state index in [1.807, 2.05) is 0 Å². The zero-order valence-corrected chi connectivity index (χ0v) is 3.79. The van der Waals surface area contributed by atoms with Crippen LogP contribution in [0.2, 0.25) is 0 Å². The number of hydrogen-bond acceptors (Lipinski definition) is 1. The smallest absolute Gasteiger partial charge is 0.279 e. The normalized spacial score (nSPS) is 10.9. The second-order valence-electron chi connectivity index (χ2n) is 1.00. The van der Waals surface area contributed by atoms with Crippen molar-refractivity contribution in [2.24, 2.45) is 4.99 Å². The van der Waals surface area contributed by atoms with Gasteiger partial charge in [0.25, 0.3) is 0 Å².